The topological polar surface area (TPSA) is 65.5 Å². The van der Waals surface area contributed by atoms with E-state index in [1.807, 2.05) is 30.9 Å². The van der Waals surface area contributed by atoms with Gasteiger partial charge < -0.3 is 15.1 Å². The Hall–Kier alpha value is -2.41. The summed E-state index contributed by atoms with van der Waals surface area (Å²) in [7, 11) is 0. The molecule has 2 aromatic rings. The predicted molar refractivity (Wildman–Crippen MR) is 126 cm³/mol. The van der Waals surface area contributed by atoms with Gasteiger partial charge in [0, 0.05) is 48.6 Å². The summed E-state index contributed by atoms with van der Waals surface area (Å²) in [5, 5.41) is 4.13. The van der Waals surface area contributed by atoms with Crippen molar-refractivity contribution < 1.29 is 9.59 Å². The Labute approximate surface area is 188 Å². The van der Waals surface area contributed by atoms with Gasteiger partial charge in [-0.25, -0.2) is 4.98 Å². The second kappa shape index (κ2) is 9.39. The second-order valence-electron chi connectivity index (χ2n) is 8.81. The van der Waals surface area contributed by atoms with Crippen LogP contribution in [-0.2, 0) is 28.9 Å². The molecule has 1 fully saturated rings. The van der Waals surface area contributed by atoms with Crippen LogP contribution < -0.4 is 10.2 Å². The predicted octanol–water partition coefficient (Wildman–Crippen LogP) is 3.75. The standard InChI is InChI=1S/C24H32N4O2S/c1-4-17-5-8-19(9-6-17)25-22(29)18-7-10-20-21(15-18)31-24(26-20)28-13-11-27(12-14-28)23(30)16(2)3/h5-6,8-9,16,18H,4,7,10-15H2,1-3H3,(H,25,29)/t18-/m0/s1. The molecule has 4 rings (SSSR count). The van der Waals surface area contributed by atoms with Crippen molar-refractivity contribution in [3.05, 3.63) is 40.4 Å². The van der Waals surface area contributed by atoms with Crippen molar-refractivity contribution in [2.75, 3.05) is 36.4 Å². The number of hydrogen-bond donors (Lipinski definition) is 1. The van der Waals surface area contributed by atoms with Gasteiger partial charge in [0.2, 0.25) is 11.8 Å². The van der Waals surface area contributed by atoms with Gasteiger partial charge in [-0.15, -0.1) is 11.3 Å². The Morgan fingerprint density at radius 3 is 2.52 bits per heavy atom. The maximum atomic E-state index is 12.8. The van der Waals surface area contributed by atoms with Crippen molar-refractivity contribution in [1.29, 1.82) is 0 Å². The van der Waals surface area contributed by atoms with Crippen LogP contribution in [0.4, 0.5) is 10.8 Å². The summed E-state index contributed by atoms with van der Waals surface area (Å²) in [5.41, 5.74) is 3.29. The number of rotatable bonds is 5. The van der Waals surface area contributed by atoms with E-state index in [9.17, 15) is 9.59 Å². The van der Waals surface area contributed by atoms with Crippen molar-refractivity contribution in [2.24, 2.45) is 11.8 Å². The molecule has 2 amide bonds. The van der Waals surface area contributed by atoms with Crippen LogP contribution in [0.15, 0.2) is 24.3 Å². The minimum Gasteiger partial charge on any atom is -0.345 e. The minimum absolute atomic E-state index is 0.00726. The molecule has 2 heterocycles. The van der Waals surface area contributed by atoms with Gasteiger partial charge in [0.1, 0.15) is 0 Å². The van der Waals surface area contributed by atoms with E-state index in [4.69, 9.17) is 4.98 Å². The molecule has 1 N–H and O–H groups in total. The molecule has 166 valence electrons. The van der Waals surface area contributed by atoms with Crippen LogP contribution >= 0.6 is 11.3 Å². The number of carbonyl (C=O) groups excluding carboxylic acids is 2. The Morgan fingerprint density at radius 2 is 1.87 bits per heavy atom. The number of thiazole rings is 1. The molecule has 1 atom stereocenters. The van der Waals surface area contributed by atoms with E-state index in [1.54, 1.807) is 11.3 Å². The zero-order chi connectivity index (χ0) is 22.0. The second-order valence-corrected chi connectivity index (χ2v) is 9.87. The van der Waals surface area contributed by atoms with Crippen LogP contribution in [0.25, 0.3) is 0 Å². The molecule has 0 bridgehead atoms. The molecule has 0 unspecified atom stereocenters. The summed E-state index contributed by atoms with van der Waals surface area (Å²) in [5.74, 6) is 0.375. The number of amides is 2. The molecule has 0 radical (unpaired) electrons. The maximum absolute atomic E-state index is 12.8. The van der Waals surface area contributed by atoms with Crippen molar-refractivity contribution in [2.45, 2.75) is 46.5 Å². The third-order valence-electron chi connectivity index (χ3n) is 6.28. The Morgan fingerprint density at radius 1 is 1.16 bits per heavy atom. The lowest BCUT2D eigenvalue weighted by molar-refractivity contribution is -0.134. The van der Waals surface area contributed by atoms with Gasteiger partial charge in [0.15, 0.2) is 5.13 Å². The molecule has 6 nitrogen and oxygen atoms in total. The van der Waals surface area contributed by atoms with Crippen LogP contribution in [0.1, 0.15) is 43.3 Å². The van der Waals surface area contributed by atoms with Gasteiger partial charge >= 0.3 is 0 Å². The fourth-order valence-electron chi connectivity index (χ4n) is 4.27. The zero-order valence-corrected chi connectivity index (χ0v) is 19.5. The Bertz CT molecular complexity index is 930. The normalized spacial score (nSPS) is 18.8. The molecule has 31 heavy (non-hydrogen) atoms. The summed E-state index contributed by atoms with van der Waals surface area (Å²) < 4.78 is 0. The number of fused-ring (bicyclic) bond motifs is 1. The van der Waals surface area contributed by atoms with E-state index in [0.29, 0.717) is 0 Å². The highest BCUT2D eigenvalue weighted by Gasteiger charge is 2.30. The summed E-state index contributed by atoms with van der Waals surface area (Å²) >= 11 is 1.72. The average molecular weight is 441 g/mol. The van der Waals surface area contributed by atoms with E-state index < -0.39 is 0 Å². The van der Waals surface area contributed by atoms with E-state index in [2.05, 4.69) is 29.3 Å². The molecule has 1 aromatic heterocycles. The molecule has 0 saturated carbocycles. The summed E-state index contributed by atoms with van der Waals surface area (Å²) in [4.78, 5) is 35.4. The molecular weight excluding hydrogens is 408 g/mol. The van der Waals surface area contributed by atoms with Crippen LogP contribution in [0.5, 0.6) is 0 Å². The molecule has 2 aliphatic rings. The number of anilines is 2. The smallest absolute Gasteiger partial charge is 0.227 e. The van der Waals surface area contributed by atoms with E-state index in [-0.39, 0.29) is 23.7 Å². The van der Waals surface area contributed by atoms with E-state index >= 15 is 0 Å². The molecule has 1 aromatic carbocycles. The lowest BCUT2D eigenvalue weighted by atomic mass is 9.90. The molecular formula is C24H32N4O2S. The Balaban J connectivity index is 1.35. The van der Waals surface area contributed by atoms with Gasteiger partial charge in [-0.1, -0.05) is 32.9 Å². The first-order chi connectivity index (χ1) is 14.9. The third-order valence-corrected chi connectivity index (χ3v) is 7.47. The number of nitrogens with one attached hydrogen (secondary N) is 1. The van der Waals surface area contributed by atoms with Crippen LogP contribution in [0.2, 0.25) is 0 Å². The fourth-order valence-corrected chi connectivity index (χ4v) is 5.51. The van der Waals surface area contributed by atoms with Gasteiger partial charge in [-0.05, 0) is 43.4 Å². The molecule has 1 aliphatic carbocycles. The van der Waals surface area contributed by atoms with Gasteiger partial charge in [0.25, 0.3) is 0 Å². The zero-order valence-electron chi connectivity index (χ0n) is 18.7. The maximum Gasteiger partial charge on any atom is 0.227 e. The quantitative estimate of drug-likeness (QED) is 0.769. The number of nitrogens with zero attached hydrogens (tertiary/aromatic N) is 3. The van der Waals surface area contributed by atoms with Crippen LogP contribution in [0, 0.1) is 11.8 Å². The van der Waals surface area contributed by atoms with Crippen molar-refractivity contribution in [1.82, 2.24) is 9.88 Å². The Kier molecular flexibility index (Phi) is 6.60. The molecule has 7 heteroatoms. The SMILES string of the molecule is CCc1ccc(NC(=O)[C@H]2CCc3nc(N4CCN(C(=O)C(C)C)CC4)sc3C2)cc1. The number of benzene rings is 1. The van der Waals surface area contributed by atoms with E-state index in [1.165, 1.54) is 10.4 Å². The monoisotopic (exact) mass is 440 g/mol. The van der Waals surface area contributed by atoms with Crippen LogP contribution in [0.3, 0.4) is 0 Å². The number of aryl methyl sites for hydroxylation is 2. The first kappa shape index (κ1) is 21.8. The molecule has 1 aliphatic heterocycles. The lowest BCUT2D eigenvalue weighted by Gasteiger charge is -2.35. The first-order valence-electron chi connectivity index (χ1n) is 11.4. The van der Waals surface area contributed by atoms with Crippen LogP contribution in [-0.4, -0.2) is 47.9 Å². The third kappa shape index (κ3) is 4.92. The lowest BCUT2D eigenvalue weighted by Crippen LogP contribution is -2.49. The molecule has 0 spiro atoms. The number of hydrogen-bond acceptors (Lipinski definition) is 5. The number of carbonyl (C=O) groups is 2. The summed E-state index contributed by atoms with van der Waals surface area (Å²) in [6, 6.07) is 8.11. The molecule has 1 saturated heterocycles. The van der Waals surface area contributed by atoms with Crippen molar-refractivity contribution >= 4 is 34.0 Å². The minimum atomic E-state index is -0.00726. The first-order valence-corrected chi connectivity index (χ1v) is 12.2. The largest absolute Gasteiger partial charge is 0.345 e. The van der Waals surface area contributed by atoms with E-state index in [0.717, 1.165) is 68.4 Å². The fraction of sp³-hybridized carbons (Fsp3) is 0.542. The van der Waals surface area contributed by atoms with Crippen molar-refractivity contribution in [3.8, 4) is 0 Å². The summed E-state index contributed by atoms with van der Waals surface area (Å²) in [6.45, 7) is 9.19. The van der Waals surface area contributed by atoms with Gasteiger partial charge in [-0.2, -0.15) is 0 Å². The highest BCUT2D eigenvalue weighted by Crippen LogP contribution is 2.35. The highest BCUT2D eigenvalue weighted by molar-refractivity contribution is 7.15. The number of aromatic nitrogens is 1. The highest BCUT2D eigenvalue weighted by atomic mass is 32.1. The van der Waals surface area contributed by atoms with Gasteiger partial charge in [0.05, 0.1) is 5.69 Å². The summed E-state index contributed by atoms with van der Waals surface area (Å²) in [6.07, 6.45) is 3.45. The average Bonchev–Trinajstić information content (AvgIpc) is 3.22. The number of piperazine rings is 1. The van der Waals surface area contributed by atoms with Gasteiger partial charge in [-0.3, -0.25) is 9.59 Å². The van der Waals surface area contributed by atoms with Crippen molar-refractivity contribution in [3.63, 3.8) is 0 Å².